The number of carbonyl (C=O) groups is 1. The van der Waals surface area contributed by atoms with Gasteiger partial charge in [0.15, 0.2) is 0 Å². The molecule has 0 saturated carbocycles. The van der Waals surface area contributed by atoms with Crippen LogP contribution in [0.2, 0.25) is 0 Å². The van der Waals surface area contributed by atoms with E-state index in [1.54, 1.807) is 12.1 Å². The molecule has 2 N–H and O–H groups in total. The molecule has 0 aliphatic carbocycles. The van der Waals surface area contributed by atoms with Crippen LogP contribution in [0.4, 0.5) is 14.9 Å². The van der Waals surface area contributed by atoms with Crippen molar-refractivity contribution in [2.24, 2.45) is 0 Å². The number of amides is 2. The molecule has 0 saturated heterocycles. The third-order valence-electron chi connectivity index (χ3n) is 4.26. The standard InChI is InChI=1S/C22H17FN2O2/c23-17-11-5-6-12-18(17)24-22(26)25-21(15-8-2-1-3-9-15)20-14-16-10-4-7-13-19(16)27-20/h1-14,21H,(H2,24,25,26)/t21-/m1/s1. The Balaban J connectivity index is 1.64. The van der Waals surface area contributed by atoms with Gasteiger partial charge >= 0.3 is 6.03 Å². The number of benzene rings is 3. The van der Waals surface area contributed by atoms with Crippen molar-refractivity contribution in [2.75, 3.05) is 5.32 Å². The van der Waals surface area contributed by atoms with E-state index in [4.69, 9.17) is 4.42 Å². The molecule has 1 aromatic heterocycles. The van der Waals surface area contributed by atoms with Crippen molar-refractivity contribution >= 4 is 22.7 Å². The number of hydrogen-bond donors (Lipinski definition) is 2. The maximum Gasteiger partial charge on any atom is 0.320 e. The molecule has 4 rings (SSSR count). The number of carbonyl (C=O) groups excluding carboxylic acids is 1. The van der Waals surface area contributed by atoms with Gasteiger partial charge in [-0.3, -0.25) is 0 Å². The van der Waals surface area contributed by atoms with Gasteiger partial charge in [0.25, 0.3) is 0 Å². The first-order valence-corrected chi connectivity index (χ1v) is 8.56. The van der Waals surface area contributed by atoms with Crippen molar-refractivity contribution in [3.8, 4) is 0 Å². The van der Waals surface area contributed by atoms with E-state index in [0.717, 1.165) is 16.5 Å². The molecule has 134 valence electrons. The average molecular weight is 360 g/mol. The molecule has 0 aliphatic heterocycles. The van der Waals surface area contributed by atoms with Gasteiger partial charge in [0.05, 0.1) is 5.69 Å². The number of fused-ring (bicyclic) bond motifs is 1. The lowest BCUT2D eigenvalue weighted by atomic mass is 10.0. The van der Waals surface area contributed by atoms with Crippen LogP contribution in [0.1, 0.15) is 17.4 Å². The quantitative estimate of drug-likeness (QED) is 0.506. The van der Waals surface area contributed by atoms with E-state index in [0.29, 0.717) is 5.76 Å². The SMILES string of the molecule is O=C(Nc1ccccc1F)N[C@H](c1ccccc1)c1cc2ccccc2o1. The molecular formula is C22H17FN2O2. The highest BCUT2D eigenvalue weighted by Gasteiger charge is 2.21. The van der Waals surface area contributed by atoms with E-state index in [2.05, 4.69) is 10.6 Å². The fourth-order valence-electron chi connectivity index (χ4n) is 2.96. The van der Waals surface area contributed by atoms with Gasteiger partial charge in [-0.15, -0.1) is 0 Å². The Labute approximate surface area is 155 Å². The highest BCUT2D eigenvalue weighted by atomic mass is 19.1. The van der Waals surface area contributed by atoms with Crippen LogP contribution in [0.3, 0.4) is 0 Å². The molecule has 0 aliphatic rings. The Hall–Kier alpha value is -3.60. The number of halogens is 1. The highest BCUT2D eigenvalue weighted by molar-refractivity contribution is 5.90. The molecule has 1 heterocycles. The first kappa shape index (κ1) is 16.8. The van der Waals surface area contributed by atoms with Crippen molar-refractivity contribution in [1.29, 1.82) is 0 Å². The number of rotatable bonds is 4. The average Bonchev–Trinajstić information content (AvgIpc) is 3.12. The Morgan fingerprint density at radius 2 is 1.59 bits per heavy atom. The van der Waals surface area contributed by atoms with Gasteiger partial charge in [0.1, 0.15) is 23.2 Å². The van der Waals surface area contributed by atoms with Crippen molar-refractivity contribution in [2.45, 2.75) is 6.04 Å². The Morgan fingerprint density at radius 3 is 2.37 bits per heavy atom. The summed E-state index contributed by atoms with van der Waals surface area (Å²) in [6, 6.07) is 24.0. The van der Waals surface area contributed by atoms with Crippen molar-refractivity contribution in [3.63, 3.8) is 0 Å². The van der Waals surface area contributed by atoms with Gasteiger partial charge in [0, 0.05) is 5.39 Å². The minimum Gasteiger partial charge on any atom is -0.459 e. The van der Waals surface area contributed by atoms with Gasteiger partial charge in [-0.1, -0.05) is 60.7 Å². The van der Waals surface area contributed by atoms with Crippen LogP contribution >= 0.6 is 0 Å². The minimum atomic E-state index is -0.519. The lowest BCUT2D eigenvalue weighted by Gasteiger charge is -2.18. The lowest BCUT2D eigenvalue weighted by Crippen LogP contribution is -2.33. The number of para-hydroxylation sites is 2. The largest absolute Gasteiger partial charge is 0.459 e. The third kappa shape index (κ3) is 3.67. The van der Waals surface area contributed by atoms with E-state index in [9.17, 15) is 9.18 Å². The molecule has 0 bridgehead atoms. The van der Waals surface area contributed by atoms with Gasteiger partial charge in [0.2, 0.25) is 0 Å². The molecule has 4 nitrogen and oxygen atoms in total. The second-order valence-corrected chi connectivity index (χ2v) is 6.11. The molecule has 0 spiro atoms. The molecule has 3 aromatic carbocycles. The Morgan fingerprint density at radius 1 is 0.889 bits per heavy atom. The maximum atomic E-state index is 13.8. The minimum absolute atomic E-state index is 0.117. The molecule has 0 fully saturated rings. The smallest absolute Gasteiger partial charge is 0.320 e. The van der Waals surface area contributed by atoms with Crippen LogP contribution in [0.15, 0.2) is 89.3 Å². The summed E-state index contributed by atoms with van der Waals surface area (Å²) in [6.45, 7) is 0. The van der Waals surface area contributed by atoms with E-state index in [1.807, 2.05) is 60.7 Å². The molecular weight excluding hydrogens is 343 g/mol. The second kappa shape index (κ2) is 7.33. The number of urea groups is 1. The summed E-state index contributed by atoms with van der Waals surface area (Å²) in [5, 5.41) is 6.37. The van der Waals surface area contributed by atoms with Crippen molar-refractivity contribution in [1.82, 2.24) is 5.32 Å². The van der Waals surface area contributed by atoms with E-state index in [1.165, 1.54) is 12.1 Å². The van der Waals surface area contributed by atoms with Crippen LogP contribution in [-0.4, -0.2) is 6.03 Å². The fraction of sp³-hybridized carbons (Fsp3) is 0.0455. The zero-order valence-electron chi connectivity index (χ0n) is 14.4. The van der Waals surface area contributed by atoms with Crippen LogP contribution in [0.5, 0.6) is 0 Å². The Bertz CT molecular complexity index is 1040. The van der Waals surface area contributed by atoms with Crippen LogP contribution in [0.25, 0.3) is 11.0 Å². The molecule has 5 heteroatoms. The molecule has 27 heavy (non-hydrogen) atoms. The predicted octanol–water partition coefficient (Wildman–Crippen LogP) is 5.48. The molecule has 0 unspecified atom stereocenters. The topological polar surface area (TPSA) is 54.3 Å². The zero-order chi connectivity index (χ0) is 18.6. The maximum absolute atomic E-state index is 13.8. The Kier molecular flexibility index (Phi) is 4.58. The number of hydrogen-bond acceptors (Lipinski definition) is 2. The summed E-state index contributed by atoms with van der Waals surface area (Å²) in [4.78, 5) is 12.5. The normalized spacial score (nSPS) is 11.9. The first-order valence-electron chi connectivity index (χ1n) is 8.56. The predicted molar refractivity (Wildman–Crippen MR) is 103 cm³/mol. The molecule has 2 amide bonds. The third-order valence-corrected chi connectivity index (χ3v) is 4.26. The van der Waals surface area contributed by atoms with Crippen LogP contribution in [0, 0.1) is 5.82 Å². The highest BCUT2D eigenvalue weighted by Crippen LogP contribution is 2.28. The van der Waals surface area contributed by atoms with E-state index >= 15 is 0 Å². The summed E-state index contributed by atoms with van der Waals surface area (Å²) in [5.74, 6) is 0.110. The van der Waals surface area contributed by atoms with Gasteiger partial charge < -0.3 is 15.1 Å². The van der Waals surface area contributed by atoms with E-state index < -0.39 is 17.9 Å². The fourth-order valence-corrected chi connectivity index (χ4v) is 2.96. The summed E-state index contributed by atoms with van der Waals surface area (Å²) in [7, 11) is 0. The van der Waals surface area contributed by atoms with Crippen LogP contribution < -0.4 is 10.6 Å². The first-order chi connectivity index (χ1) is 13.2. The molecule has 0 radical (unpaired) electrons. The second-order valence-electron chi connectivity index (χ2n) is 6.11. The zero-order valence-corrected chi connectivity index (χ0v) is 14.4. The van der Waals surface area contributed by atoms with Crippen LogP contribution in [-0.2, 0) is 0 Å². The molecule has 1 atom stereocenters. The molecule has 4 aromatic rings. The monoisotopic (exact) mass is 360 g/mol. The number of anilines is 1. The number of furan rings is 1. The van der Waals surface area contributed by atoms with Gasteiger partial charge in [-0.2, -0.15) is 0 Å². The van der Waals surface area contributed by atoms with Gasteiger partial charge in [-0.05, 0) is 29.8 Å². The number of nitrogens with one attached hydrogen (secondary N) is 2. The summed E-state index contributed by atoms with van der Waals surface area (Å²) in [5.41, 5.74) is 1.72. The summed E-state index contributed by atoms with van der Waals surface area (Å²) < 4.78 is 19.8. The van der Waals surface area contributed by atoms with Crippen molar-refractivity contribution in [3.05, 3.63) is 102 Å². The van der Waals surface area contributed by atoms with Gasteiger partial charge in [-0.25, -0.2) is 9.18 Å². The lowest BCUT2D eigenvalue weighted by molar-refractivity contribution is 0.248. The van der Waals surface area contributed by atoms with Crippen molar-refractivity contribution < 1.29 is 13.6 Å². The summed E-state index contributed by atoms with van der Waals surface area (Å²) >= 11 is 0. The van der Waals surface area contributed by atoms with E-state index in [-0.39, 0.29) is 5.69 Å². The summed E-state index contributed by atoms with van der Waals surface area (Å²) in [6.07, 6.45) is 0.